The van der Waals surface area contributed by atoms with E-state index in [4.69, 9.17) is 11.6 Å². The van der Waals surface area contributed by atoms with Gasteiger partial charge in [0.15, 0.2) is 0 Å². The lowest BCUT2D eigenvalue weighted by atomic mass is 10.2. The number of nitrogens with one attached hydrogen (secondary N) is 2. The van der Waals surface area contributed by atoms with E-state index in [2.05, 4.69) is 20.8 Å². The highest BCUT2D eigenvalue weighted by atomic mass is 35.5. The Morgan fingerprint density at radius 1 is 1.45 bits per heavy atom. The first kappa shape index (κ1) is 15.3. The number of halogens is 1. The number of anilines is 2. The van der Waals surface area contributed by atoms with Crippen molar-refractivity contribution in [3.63, 3.8) is 0 Å². The average Bonchev–Trinajstić information content (AvgIpc) is 2.85. The van der Waals surface area contributed by atoms with E-state index in [1.165, 1.54) is 23.1 Å². The van der Waals surface area contributed by atoms with Crippen LogP contribution in [0.25, 0.3) is 0 Å². The number of carbonyl (C=O) groups excluding carboxylic acids is 2. The van der Waals surface area contributed by atoms with Crippen LogP contribution in [-0.4, -0.2) is 27.3 Å². The monoisotopic (exact) mass is 354 g/mol. The predicted molar refractivity (Wildman–Crippen MR) is 87.6 cm³/mol. The third-order valence-corrected chi connectivity index (χ3v) is 5.17. The molecule has 0 fully saturated rings. The van der Waals surface area contributed by atoms with Gasteiger partial charge in [-0.15, -0.1) is 22.0 Å². The minimum Gasteiger partial charge on any atom is -0.324 e. The zero-order valence-corrected chi connectivity index (χ0v) is 13.8. The molecule has 2 aromatic rings. The lowest BCUT2D eigenvalue weighted by Crippen LogP contribution is -2.32. The Bertz CT molecular complexity index is 749. The van der Waals surface area contributed by atoms with Gasteiger partial charge in [0.25, 0.3) is 0 Å². The van der Waals surface area contributed by atoms with Gasteiger partial charge in [0.05, 0.1) is 10.9 Å². The van der Waals surface area contributed by atoms with Crippen LogP contribution in [0.15, 0.2) is 23.1 Å². The highest BCUT2D eigenvalue weighted by Gasteiger charge is 2.29. The van der Waals surface area contributed by atoms with Crippen LogP contribution in [0.3, 0.4) is 0 Å². The number of fused-ring (bicyclic) bond motifs is 1. The molecule has 2 amide bonds. The molecule has 22 heavy (non-hydrogen) atoms. The van der Waals surface area contributed by atoms with Crippen molar-refractivity contribution >= 4 is 57.3 Å². The van der Waals surface area contributed by atoms with Crippen LogP contribution < -0.4 is 10.6 Å². The van der Waals surface area contributed by atoms with Gasteiger partial charge in [0, 0.05) is 16.3 Å². The van der Waals surface area contributed by atoms with E-state index in [0.717, 1.165) is 9.90 Å². The standard InChI is InChI=1S/C13H11ClN4O2S2/c1-6-17-18-13(21-6)16-11(19)5-10-12(20)15-8-4-7(14)2-3-9(8)22-10/h2-4,10H,5H2,1H3,(H,15,20)(H,16,18,19)/t10-/m1/s1. The number of amides is 2. The van der Waals surface area contributed by atoms with Crippen molar-refractivity contribution < 1.29 is 9.59 Å². The molecule has 0 spiro atoms. The number of hydrogen-bond acceptors (Lipinski definition) is 6. The third-order valence-electron chi connectivity index (χ3n) is 2.90. The van der Waals surface area contributed by atoms with Crippen LogP contribution in [0.2, 0.25) is 5.02 Å². The number of aromatic nitrogens is 2. The Kier molecular flexibility index (Phi) is 4.32. The molecule has 2 heterocycles. The fraction of sp³-hybridized carbons (Fsp3) is 0.231. The Morgan fingerprint density at radius 2 is 2.27 bits per heavy atom. The largest absolute Gasteiger partial charge is 0.324 e. The predicted octanol–water partition coefficient (Wildman–Crippen LogP) is 2.94. The van der Waals surface area contributed by atoms with Crippen molar-refractivity contribution in [1.29, 1.82) is 0 Å². The van der Waals surface area contributed by atoms with Gasteiger partial charge in [-0.25, -0.2) is 0 Å². The highest BCUT2D eigenvalue weighted by Crippen LogP contribution is 2.38. The summed E-state index contributed by atoms with van der Waals surface area (Å²) in [5.41, 5.74) is 0.680. The number of aryl methyl sites for hydroxylation is 1. The maximum absolute atomic E-state index is 12.1. The van der Waals surface area contributed by atoms with Gasteiger partial charge in [-0.1, -0.05) is 22.9 Å². The summed E-state index contributed by atoms with van der Waals surface area (Å²) in [4.78, 5) is 25.0. The van der Waals surface area contributed by atoms with Crippen LogP contribution in [0.5, 0.6) is 0 Å². The average molecular weight is 355 g/mol. The maximum atomic E-state index is 12.1. The van der Waals surface area contributed by atoms with E-state index < -0.39 is 5.25 Å². The van der Waals surface area contributed by atoms with Gasteiger partial charge in [-0.2, -0.15) is 0 Å². The van der Waals surface area contributed by atoms with Crippen LogP contribution >= 0.6 is 34.7 Å². The summed E-state index contributed by atoms with van der Waals surface area (Å²) in [5.74, 6) is -0.468. The van der Waals surface area contributed by atoms with Gasteiger partial charge < -0.3 is 10.6 Å². The number of carbonyl (C=O) groups is 2. The van der Waals surface area contributed by atoms with Gasteiger partial charge in [-0.05, 0) is 25.1 Å². The topological polar surface area (TPSA) is 84.0 Å². The SMILES string of the molecule is Cc1nnc(NC(=O)C[C@H]2Sc3ccc(Cl)cc3NC2=O)s1. The van der Waals surface area contributed by atoms with Gasteiger partial charge in [-0.3, -0.25) is 9.59 Å². The molecule has 0 saturated heterocycles. The molecule has 114 valence electrons. The molecule has 0 saturated carbocycles. The number of rotatable bonds is 3. The van der Waals surface area contributed by atoms with Crippen molar-refractivity contribution in [2.75, 3.05) is 10.6 Å². The second-order valence-electron chi connectivity index (χ2n) is 4.61. The van der Waals surface area contributed by atoms with Crippen molar-refractivity contribution in [2.24, 2.45) is 0 Å². The van der Waals surface area contributed by atoms with E-state index >= 15 is 0 Å². The lowest BCUT2D eigenvalue weighted by molar-refractivity contribution is -0.120. The molecule has 1 atom stereocenters. The first-order valence-electron chi connectivity index (χ1n) is 6.38. The van der Waals surface area contributed by atoms with Gasteiger partial charge in [0.2, 0.25) is 16.9 Å². The van der Waals surface area contributed by atoms with Crippen molar-refractivity contribution in [1.82, 2.24) is 10.2 Å². The van der Waals surface area contributed by atoms with E-state index in [1.807, 2.05) is 6.07 Å². The fourth-order valence-corrected chi connectivity index (χ4v) is 3.81. The molecule has 1 aliphatic rings. The summed E-state index contributed by atoms with van der Waals surface area (Å²) in [6, 6.07) is 5.29. The summed E-state index contributed by atoms with van der Waals surface area (Å²) in [6.45, 7) is 1.81. The van der Waals surface area contributed by atoms with Crippen molar-refractivity contribution in [2.45, 2.75) is 23.5 Å². The molecule has 1 aromatic heterocycles. The van der Waals surface area contributed by atoms with E-state index in [-0.39, 0.29) is 18.2 Å². The number of thioether (sulfide) groups is 1. The zero-order chi connectivity index (χ0) is 15.7. The molecular formula is C13H11ClN4O2S2. The van der Waals surface area contributed by atoms with E-state index in [1.54, 1.807) is 19.1 Å². The molecule has 6 nitrogen and oxygen atoms in total. The molecule has 9 heteroatoms. The Hall–Kier alpha value is -1.64. The Morgan fingerprint density at radius 3 is 3.00 bits per heavy atom. The van der Waals surface area contributed by atoms with Crippen LogP contribution in [0, 0.1) is 6.92 Å². The summed E-state index contributed by atoms with van der Waals surface area (Å²) < 4.78 is 0. The second kappa shape index (κ2) is 6.23. The second-order valence-corrected chi connectivity index (χ2v) is 7.48. The molecule has 1 aromatic carbocycles. The van der Waals surface area contributed by atoms with Crippen LogP contribution in [-0.2, 0) is 9.59 Å². The fourth-order valence-electron chi connectivity index (χ4n) is 1.94. The minimum atomic E-state index is -0.484. The van der Waals surface area contributed by atoms with Crippen LogP contribution in [0.1, 0.15) is 11.4 Å². The van der Waals surface area contributed by atoms with Crippen molar-refractivity contribution in [3.05, 3.63) is 28.2 Å². The summed E-state index contributed by atoms with van der Waals surface area (Å²) in [7, 11) is 0. The summed E-state index contributed by atoms with van der Waals surface area (Å²) >= 11 is 8.55. The maximum Gasteiger partial charge on any atom is 0.238 e. The normalized spacial score (nSPS) is 16.8. The molecule has 0 bridgehead atoms. The molecule has 0 unspecified atom stereocenters. The Balaban J connectivity index is 1.66. The molecule has 0 radical (unpaired) electrons. The molecule has 0 aliphatic carbocycles. The third kappa shape index (κ3) is 3.40. The highest BCUT2D eigenvalue weighted by molar-refractivity contribution is 8.01. The Labute approximate surface area is 139 Å². The van der Waals surface area contributed by atoms with Crippen molar-refractivity contribution in [3.8, 4) is 0 Å². The zero-order valence-electron chi connectivity index (χ0n) is 11.4. The summed E-state index contributed by atoms with van der Waals surface area (Å²) in [6.07, 6.45) is 0.0667. The molecule has 1 aliphatic heterocycles. The number of hydrogen-bond donors (Lipinski definition) is 2. The minimum absolute atomic E-state index is 0.0667. The van der Waals surface area contributed by atoms with E-state index in [9.17, 15) is 9.59 Å². The smallest absolute Gasteiger partial charge is 0.238 e. The number of benzene rings is 1. The molecule has 3 rings (SSSR count). The van der Waals surface area contributed by atoms with Gasteiger partial charge >= 0.3 is 0 Å². The quantitative estimate of drug-likeness (QED) is 0.885. The molecule has 2 N–H and O–H groups in total. The van der Waals surface area contributed by atoms with Gasteiger partial charge in [0.1, 0.15) is 5.01 Å². The number of nitrogens with zero attached hydrogens (tertiary/aromatic N) is 2. The van der Waals surface area contributed by atoms with Crippen LogP contribution in [0.4, 0.5) is 10.8 Å². The molecular weight excluding hydrogens is 344 g/mol. The first-order valence-corrected chi connectivity index (χ1v) is 8.46. The van der Waals surface area contributed by atoms with E-state index in [0.29, 0.717) is 15.8 Å². The lowest BCUT2D eigenvalue weighted by Gasteiger charge is -2.23. The first-order chi connectivity index (χ1) is 10.5. The summed E-state index contributed by atoms with van der Waals surface area (Å²) in [5, 5.41) is 14.4.